The van der Waals surface area contributed by atoms with Gasteiger partial charge in [0, 0.05) is 43.4 Å². The predicted octanol–water partition coefficient (Wildman–Crippen LogP) is 2.07. The second-order valence-corrected chi connectivity index (χ2v) is 7.84. The maximum Gasteiger partial charge on any atom is 0.223 e. The molecule has 0 aromatic carbocycles. The lowest BCUT2D eigenvalue weighted by atomic mass is 10.0. The molecule has 0 saturated carbocycles. The van der Waals surface area contributed by atoms with Gasteiger partial charge in [-0.2, -0.15) is 5.10 Å². The van der Waals surface area contributed by atoms with Crippen molar-refractivity contribution in [3.8, 4) is 11.6 Å². The largest absolute Gasteiger partial charge is 0.491 e. The standard InChI is InChI=1S/C22H27N5O4/c1-13(29-3)11-31-17-8-19(15-4-5-30-12-15)25-22(9-17)27-20-6-16(7-21(23)28)24-10-18(20)14(2)26-27/h6,8-10,13,15H,4-5,7,11-12H2,1-3H3,(H2,23,28). The van der Waals surface area contributed by atoms with E-state index in [0.29, 0.717) is 30.5 Å². The van der Waals surface area contributed by atoms with E-state index in [9.17, 15) is 4.79 Å². The molecule has 0 bridgehead atoms. The SMILES string of the molecule is COC(C)COc1cc(C2CCOC2)nc(-n2nc(C)c3cnc(CC(N)=O)cc32)c1. The summed E-state index contributed by atoms with van der Waals surface area (Å²) < 4.78 is 18.6. The summed E-state index contributed by atoms with van der Waals surface area (Å²) in [6.45, 7) is 5.65. The van der Waals surface area contributed by atoms with Crippen LogP contribution in [0.5, 0.6) is 5.75 Å². The van der Waals surface area contributed by atoms with Crippen LogP contribution in [-0.2, 0) is 20.7 Å². The molecule has 1 amide bonds. The summed E-state index contributed by atoms with van der Waals surface area (Å²) in [6, 6.07) is 5.66. The van der Waals surface area contributed by atoms with E-state index >= 15 is 0 Å². The summed E-state index contributed by atoms with van der Waals surface area (Å²) in [4.78, 5) is 20.6. The van der Waals surface area contributed by atoms with Crippen molar-refractivity contribution in [3.05, 3.63) is 41.5 Å². The zero-order valence-electron chi connectivity index (χ0n) is 18.0. The van der Waals surface area contributed by atoms with E-state index in [0.717, 1.165) is 35.3 Å². The molecular weight excluding hydrogens is 398 g/mol. The van der Waals surface area contributed by atoms with E-state index in [4.69, 9.17) is 24.9 Å². The molecular formula is C22H27N5O4. The van der Waals surface area contributed by atoms with Gasteiger partial charge >= 0.3 is 0 Å². The average Bonchev–Trinajstić information content (AvgIpc) is 3.40. The molecule has 9 heteroatoms. The number of primary amides is 1. The van der Waals surface area contributed by atoms with Crippen LogP contribution >= 0.6 is 0 Å². The maximum atomic E-state index is 11.4. The van der Waals surface area contributed by atoms with Gasteiger partial charge < -0.3 is 19.9 Å². The monoisotopic (exact) mass is 425 g/mol. The number of methoxy groups -OCH3 is 1. The topological polar surface area (TPSA) is 114 Å². The number of rotatable bonds is 8. The Morgan fingerprint density at radius 3 is 2.94 bits per heavy atom. The Morgan fingerprint density at radius 1 is 1.39 bits per heavy atom. The Balaban J connectivity index is 1.79. The zero-order valence-corrected chi connectivity index (χ0v) is 18.0. The van der Waals surface area contributed by atoms with Gasteiger partial charge in [0.25, 0.3) is 0 Å². The quantitative estimate of drug-likeness (QED) is 0.587. The first-order chi connectivity index (χ1) is 14.9. The molecule has 0 radical (unpaired) electrons. The maximum absolute atomic E-state index is 11.4. The number of nitrogens with two attached hydrogens (primary N) is 1. The van der Waals surface area contributed by atoms with Crippen LogP contribution in [0.1, 0.15) is 36.3 Å². The molecule has 0 spiro atoms. The Hall–Kier alpha value is -3.04. The molecule has 9 nitrogen and oxygen atoms in total. The van der Waals surface area contributed by atoms with E-state index in [-0.39, 0.29) is 18.4 Å². The third-order valence-corrected chi connectivity index (χ3v) is 5.42. The normalized spacial score (nSPS) is 17.2. The van der Waals surface area contributed by atoms with Gasteiger partial charge in [0.15, 0.2) is 5.82 Å². The highest BCUT2D eigenvalue weighted by Gasteiger charge is 2.22. The van der Waals surface area contributed by atoms with Crippen LogP contribution in [-0.4, -0.2) is 58.7 Å². The van der Waals surface area contributed by atoms with Gasteiger partial charge in [0.05, 0.1) is 41.7 Å². The molecule has 2 N–H and O–H groups in total. The number of amides is 1. The lowest BCUT2D eigenvalue weighted by Crippen LogP contribution is -2.16. The van der Waals surface area contributed by atoms with E-state index in [1.165, 1.54) is 0 Å². The van der Waals surface area contributed by atoms with Crippen molar-refractivity contribution in [1.82, 2.24) is 19.7 Å². The highest BCUT2D eigenvalue weighted by molar-refractivity contribution is 5.84. The minimum absolute atomic E-state index is 0.0370. The second kappa shape index (κ2) is 8.99. The number of nitrogens with zero attached hydrogens (tertiary/aromatic N) is 4. The number of carbonyl (C=O) groups is 1. The predicted molar refractivity (Wildman–Crippen MR) is 114 cm³/mol. The van der Waals surface area contributed by atoms with E-state index in [1.807, 2.05) is 32.0 Å². The zero-order chi connectivity index (χ0) is 22.0. The van der Waals surface area contributed by atoms with Gasteiger partial charge in [-0.3, -0.25) is 9.78 Å². The molecule has 2 atom stereocenters. The molecule has 31 heavy (non-hydrogen) atoms. The Kier molecular flexibility index (Phi) is 6.15. The number of carbonyl (C=O) groups excluding carboxylic acids is 1. The summed E-state index contributed by atoms with van der Waals surface area (Å²) >= 11 is 0. The number of ether oxygens (including phenoxy) is 3. The van der Waals surface area contributed by atoms with Crippen molar-refractivity contribution in [2.24, 2.45) is 5.73 Å². The molecule has 1 aliphatic rings. The van der Waals surface area contributed by atoms with Gasteiger partial charge in [0.2, 0.25) is 5.91 Å². The smallest absolute Gasteiger partial charge is 0.223 e. The van der Waals surface area contributed by atoms with Crippen LogP contribution in [0.15, 0.2) is 24.4 Å². The van der Waals surface area contributed by atoms with Crippen LogP contribution < -0.4 is 10.5 Å². The van der Waals surface area contributed by atoms with Gasteiger partial charge in [0.1, 0.15) is 12.4 Å². The third-order valence-electron chi connectivity index (χ3n) is 5.42. The average molecular weight is 425 g/mol. The highest BCUT2D eigenvalue weighted by Crippen LogP contribution is 2.30. The van der Waals surface area contributed by atoms with Crippen LogP contribution in [0.4, 0.5) is 0 Å². The molecule has 0 aliphatic carbocycles. The van der Waals surface area contributed by atoms with E-state index in [2.05, 4.69) is 10.1 Å². The molecule has 1 fully saturated rings. The lowest BCUT2D eigenvalue weighted by Gasteiger charge is -2.15. The minimum Gasteiger partial charge on any atom is -0.491 e. The number of hydrogen-bond acceptors (Lipinski definition) is 7. The number of fused-ring (bicyclic) bond motifs is 1. The van der Waals surface area contributed by atoms with Crippen LogP contribution in [0.3, 0.4) is 0 Å². The number of aromatic nitrogens is 4. The van der Waals surface area contributed by atoms with Crippen molar-refractivity contribution < 1.29 is 19.0 Å². The van der Waals surface area contributed by atoms with Crippen LogP contribution in [0.25, 0.3) is 16.7 Å². The van der Waals surface area contributed by atoms with Crippen molar-refractivity contribution in [2.75, 3.05) is 26.9 Å². The lowest BCUT2D eigenvalue weighted by molar-refractivity contribution is -0.117. The first-order valence-corrected chi connectivity index (χ1v) is 10.3. The van der Waals surface area contributed by atoms with Gasteiger partial charge in [-0.1, -0.05) is 0 Å². The molecule has 164 valence electrons. The molecule has 4 heterocycles. The minimum atomic E-state index is -0.432. The van der Waals surface area contributed by atoms with Crippen molar-refractivity contribution in [2.45, 2.75) is 38.7 Å². The van der Waals surface area contributed by atoms with Crippen LogP contribution in [0, 0.1) is 6.92 Å². The van der Waals surface area contributed by atoms with Gasteiger partial charge in [-0.25, -0.2) is 9.67 Å². The number of hydrogen-bond donors (Lipinski definition) is 1. The molecule has 1 aliphatic heterocycles. The van der Waals surface area contributed by atoms with Crippen LogP contribution in [0.2, 0.25) is 0 Å². The summed E-state index contributed by atoms with van der Waals surface area (Å²) in [5, 5.41) is 5.58. The fourth-order valence-corrected chi connectivity index (χ4v) is 3.61. The van der Waals surface area contributed by atoms with Crippen molar-refractivity contribution in [1.29, 1.82) is 0 Å². The summed E-state index contributed by atoms with van der Waals surface area (Å²) in [7, 11) is 1.66. The highest BCUT2D eigenvalue weighted by atomic mass is 16.5. The fraction of sp³-hybridized carbons (Fsp3) is 0.455. The van der Waals surface area contributed by atoms with E-state index < -0.39 is 5.91 Å². The van der Waals surface area contributed by atoms with Crippen molar-refractivity contribution >= 4 is 16.8 Å². The Labute approximate surface area is 180 Å². The Bertz CT molecular complexity index is 1090. The molecule has 4 rings (SSSR count). The molecule has 3 aromatic rings. The summed E-state index contributed by atoms with van der Waals surface area (Å²) in [5.74, 6) is 1.11. The fourth-order valence-electron chi connectivity index (χ4n) is 3.61. The molecule has 2 unspecified atom stereocenters. The second-order valence-electron chi connectivity index (χ2n) is 7.84. The number of pyridine rings is 2. The Morgan fingerprint density at radius 2 is 2.23 bits per heavy atom. The first kappa shape index (κ1) is 21.2. The van der Waals surface area contributed by atoms with Gasteiger partial charge in [-0.15, -0.1) is 0 Å². The van der Waals surface area contributed by atoms with Crippen molar-refractivity contribution in [3.63, 3.8) is 0 Å². The molecule has 1 saturated heterocycles. The first-order valence-electron chi connectivity index (χ1n) is 10.3. The third kappa shape index (κ3) is 4.67. The van der Waals surface area contributed by atoms with Gasteiger partial charge in [-0.05, 0) is 26.3 Å². The number of aryl methyl sites for hydroxylation is 1. The summed E-state index contributed by atoms with van der Waals surface area (Å²) in [5.41, 5.74) is 8.48. The van der Waals surface area contributed by atoms with E-state index in [1.54, 1.807) is 18.0 Å². The summed E-state index contributed by atoms with van der Waals surface area (Å²) in [6.07, 6.45) is 2.66. The molecule has 3 aromatic heterocycles.